The molecule has 1 N–H and O–H groups in total. The summed E-state index contributed by atoms with van der Waals surface area (Å²) in [4.78, 5) is 27.5. The first kappa shape index (κ1) is 14.7. The van der Waals surface area contributed by atoms with Gasteiger partial charge in [0.2, 0.25) is 11.8 Å². The standard InChI is InChI=1S/C19H24N2O2/c22-16-8-12-19(14-20-16,15-6-2-1-3-7-15)17(23)21-13-5-11-18(21)9-4-10-18/h1-3,6-7H,4-5,8-14H2,(H,20,22). The van der Waals surface area contributed by atoms with Crippen molar-refractivity contribution >= 4 is 11.8 Å². The lowest BCUT2D eigenvalue weighted by Crippen LogP contribution is -2.61. The molecule has 1 aliphatic carbocycles. The molecule has 4 rings (SSSR count). The number of carbonyl (C=O) groups excluding carboxylic acids is 2. The van der Waals surface area contributed by atoms with E-state index in [1.54, 1.807) is 0 Å². The number of likely N-dealkylation sites (tertiary alicyclic amines) is 1. The molecule has 1 aromatic carbocycles. The lowest BCUT2D eigenvalue weighted by molar-refractivity contribution is -0.146. The predicted molar refractivity (Wildman–Crippen MR) is 87.9 cm³/mol. The first-order valence-corrected chi connectivity index (χ1v) is 8.81. The van der Waals surface area contributed by atoms with E-state index in [1.807, 2.05) is 30.3 Å². The summed E-state index contributed by atoms with van der Waals surface area (Å²) in [6, 6.07) is 10.0. The summed E-state index contributed by atoms with van der Waals surface area (Å²) in [6.45, 7) is 1.31. The maximum atomic E-state index is 13.6. The van der Waals surface area contributed by atoms with E-state index in [-0.39, 0.29) is 17.4 Å². The van der Waals surface area contributed by atoms with Gasteiger partial charge in [0, 0.05) is 25.0 Å². The molecule has 3 aliphatic rings. The van der Waals surface area contributed by atoms with Crippen molar-refractivity contribution in [2.75, 3.05) is 13.1 Å². The van der Waals surface area contributed by atoms with Gasteiger partial charge in [-0.1, -0.05) is 30.3 Å². The predicted octanol–water partition coefficient (Wildman–Crippen LogP) is 2.38. The number of rotatable bonds is 2. The van der Waals surface area contributed by atoms with Crippen LogP contribution in [0.5, 0.6) is 0 Å². The summed E-state index contributed by atoms with van der Waals surface area (Å²) < 4.78 is 0. The zero-order chi connectivity index (χ0) is 15.9. The van der Waals surface area contributed by atoms with Gasteiger partial charge >= 0.3 is 0 Å². The largest absolute Gasteiger partial charge is 0.355 e. The molecule has 0 aromatic heterocycles. The molecule has 122 valence electrons. The van der Waals surface area contributed by atoms with Crippen LogP contribution < -0.4 is 5.32 Å². The fourth-order valence-electron chi connectivity index (χ4n) is 4.68. The normalized spacial score (nSPS) is 29.2. The summed E-state index contributed by atoms with van der Waals surface area (Å²) in [7, 11) is 0. The molecule has 1 saturated carbocycles. The van der Waals surface area contributed by atoms with Crippen molar-refractivity contribution in [3.63, 3.8) is 0 Å². The van der Waals surface area contributed by atoms with Gasteiger partial charge in [0.25, 0.3) is 0 Å². The van der Waals surface area contributed by atoms with Gasteiger partial charge in [-0.25, -0.2) is 0 Å². The monoisotopic (exact) mass is 312 g/mol. The zero-order valence-corrected chi connectivity index (χ0v) is 13.5. The molecule has 2 heterocycles. The molecule has 2 saturated heterocycles. The SMILES string of the molecule is O=C1CCC(C(=O)N2CCCC23CCC3)(c2ccccc2)CN1. The number of carbonyl (C=O) groups is 2. The number of hydrogen-bond acceptors (Lipinski definition) is 2. The quantitative estimate of drug-likeness (QED) is 0.911. The number of piperidine rings is 1. The molecule has 4 nitrogen and oxygen atoms in total. The van der Waals surface area contributed by atoms with Crippen LogP contribution in [-0.2, 0) is 15.0 Å². The van der Waals surface area contributed by atoms with Crippen LogP contribution in [0.1, 0.15) is 50.5 Å². The molecule has 0 bridgehead atoms. The second-order valence-electron chi connectivity index (χ2n) is 7.36. The van der Waals surface area contributed by atoms with E-state index in [4.69, 9.17) is 0 Å². The van der Waals surface area contributed by atoms with Gasteiger partial charge in [-0.15, -0.1) is 0 Å². The van der Waals surface area contributed by atoms with Crippen molar-refractivity contribution in [2.24, 2.45) is 0 Å². The van der Waals surface area contributed by atoms with E-state index >= 15 is 0 Å². The van der Waals surface area contributed by atoms with Gasteiger partial charge in [-0.3, -0.25) is 9.59 Å². The summed E-state index contributed by atoms with van der Waals surface area (Å²) in [5, 5.41) is 2.95. The minimum absolute atomic E-state index is 0.0594. The van der Waals surface area contributed by atoms with Crippen LogP contribution in [0.2, 0.25) is 0 Å². The fourth-order valence-corrected chi connectivity index (χ4v) is 4.68. The van der Waals surface area contributed by atoms with Gasteiger partial charge in [0.1, 0.15) is 0 Å². The second kappa shape index (κ2) is 5.36. The molecule has 23 heavy (non-hydrogen) atoms. The Kier molecular flexibility index (Phi) is 3.43. The molecule has 1 aromatic rings. The number of nitrogens with one attached hydrogen (secondary N) is 1. The minimum Gasteiger partial charge on any atom is -0.355 e. The average molecular weight is 312 g/mol. The highest BCUT2D eigenvalue weighted by Crippen LogP contribution is 2.48. The van der Waals surface area contributed by atoms with Gasteiger partial charge in [-0.05, 0) is 44.1 Å². The molecular weight excluding hydrogens is 288 g/mol. The highest BCUT2D eigenvalue weighted by molar-refractivity contribution is 5.92. The third kappa shape index (κ3) is 2.19. The average Bonchev–Trinajstić information content (AvgIpc) is 3.01. The van der Waals surface area contributed by atoms with Gasteiger partial charge in [0.05, 0.1) is 5.41 Å². The van der Waals surface area contributed by atoms with Crippen LogP contribution in [0.15, 0.2) is 30.3 Å². The molecule has 1 atom stereocenters. The summed E-state index contributed by atoms with van der Waals surface area (Å²) in [6.07, 6.45) is 6.85. The van der Waals surface area contributed by atoms with E-state index in [0.29, 0.717) is 19.4 Å². The Morgan fingerprint density at radius 3 is 2.39 bits per heavy atom. The van der Waals surface area contributed by atoms with Crippen LogP contribution >= 0.6 is 0 Å². The molecule has 1 unspecified atom stereocenters. The molecular formula is C19H24N2O2. The highest BCUT2D eigenvalue weighted by Gasteiger charge is 2.54. The number of benzene rings is 1. The van der Waals surface area contributed by atoms with Crippen molar-refractivity contribution < 1.29 is 9.59 Å². The molecule has 2 amide bonds. The Hall–Kier alpha value is -1.84. The van der Waals surface area contributed by atoms with E-state index in [1.165, 1.54) is 6.42 Å². The van der Waals surface area contributed by atoms with E-state index < -0.39 is 5.41 Å². The van der Waals surface area contributed by atoms with Crippen LogP contribution in [0.25, 0.3) is 0 Å². The first-order valence-electron chi connectivity index (χ1n) is 8.81. The van der Waals surface area contributed by atoms with Crippen molar-refractivity contribution in [2.45, 2.75) is 55.9 Å². The zero-order valence-electron chi connectivity index (χ0n) is 13.5. The number of amides is 2. The van der Waals surface area contributed by atoms with Gasteiger partial charge in [-0.2, -0.15) is 0 Å². The topological polar surface area (TPSA) is 49.4 Å². The van der Waals surface area contributed by atoms with Crippen molar-refractivity contribution in [1.29, 1.82) is 0 Å². The minimum atomic E-state index is -0.581. The van der Waals surface area contributed by atoms with Crippen molar-refractivity contribution in [3.8, 4) is 0 Å². The van der Waals surface area contributed by atoms with Crippen molar-refractivity contribution in [3.05, 3.63) is 35.9 Å². The molecule has 0 radical (unpaired) electrons. The lowest BCUT2D eigenvalue weighted by Gasteiger charge is -2.50. The van der Waals surface area contributed by atoms with E-state index in [9.17, 15) is 9.59 Å². The Bertz CT molecular complexity index is 612. The molecule has 4 heteroatoms. The lowest BCUT2D eigenvalue weighted by atomic mass is 9.70. The Morgan fingerprint density at radius 2 is 1.78 bits per heavy atom. The maximum Gasteiger partial charge on any atom is 0.235 e. The summed E-state index contributed by atoms with van der Waals surface area (Å²) >= 11 is 0. The fraction of sp³-hybridized carbons (Fsp3) is 0.579. The van der Waals surface area contributed by atoms with Crippen LogP contribution in [0.3, 0.4) is 0 Å². The Labute approximate surface area is 137 Å². The molecule has 3 fully saturated rings. The third-order valence-corrected chi connectivity index (χ3v) is 6.23. The third-order valence-electron chi connectivity index (χ3n) is 6.23. The van der Waals surface area contributed by atoms with Gasteiger partial charge < -0.3 is 10.2 Å². The second-order valence-corrected chi connectivity index (χ2v) is 7.36. The van der Waals surface area contributed by atoms with E-state index in [0.717, 1.165) is 37.8 Å². The first-order chi connectivity index (χ1) is 11.2. The maximum absolute atomic E-state index is 13.6. The van der Waals surface area contributed by atoms with Crippen molar-refractivity contribution in [1.82, 2.24) is 10.2 Å². The number of hydrogen-bond donors (Lipinski definition) is 1. The summed E-state index contributed by atoms with van der Waals surface area (Å²) in [5.74, 6) is 0.296. The highest BCUT2D eigenvalue weighted by atomic mass is 16.2. The molecule has 2 aliphatic heterocycles. The smallest absolute Gasteiger partial charge is 0.235 e. The molecule has 1 spiro atoms. The Balaban J connectivity index is 1.71. The van der Waals surface area contributed by atoms with Crippen LogP contribution in [-0.4, -0.2) is 35.3 Å². The van der Waals surface area contributed by atoms with Crippen LogP contribution in [0, 0.1) is 0 Å². The Morgan fingerprint density at radius 1 is 1.04 bits per heavy atom. The summed E-state index contributed by atoms with van der Waals surface area (Å²) in [5.41, 5.74) is 0.592. The van der Waals surface area contributed by atoms with Gasteiger partial charge in [0.15, 0.2) is 0 Å². The van der Waals surface area contributed by atoms with Crippen LogP contribution in [0.4, 0.5) is 0 Å². The van der Waals surface area contributed by atoms with E-state index in [2.05, 4.69) is 10.2 Å². The number of nitrogens with zero attached hydrogens (tertiary/aromatic N) is 1.